The van der Waals surface area contributed by atoms with Crippen LogP contribution in [-0.2, 0) is 11.0 Å². The maximum atomic E-state index is 11.9. The number of benzene rings is 1. The number of carbonyl (C=O) groups is 1. The van der Waals surface area contributed by atoms with Gasteiger partial charge in [0.05, 0.1) is 42.2 Å². The summed E-state index contributed by atoms with van der Waals surface area (Å²) in [5, 5.41) is 20.7. The Morgan fingerprint density at radius 3 is 2.70 bits per heavy atom. The lowest BCUT2D eigenvalue weighted by Crippen LogP contribution is -2.56. The first-order valence-electron chi connectivity index (χ1n) is 10.7. The SMILES string of the molecule is CC(C)(C)[Si](C)(C)O[C@H]1CCCN(C(=O)O)[C@@H]1CC(O)Cn1cnc2ccccc21. The van der Waals surface area contributed by atoms with Crippen molar-refractivity contribution < 1.29 is 19.4 Å². The maximum absolute atomic E-state index is 11.9. The van der Waals surface area contributed by atoms with E-state index in [0.29, 0.717) is 19.5 Å². The number of fused-ring (bicyclic) bond motifs is 1. The molecular formula is C22H35N3O4Si. The van der Waals surface area contributed by atoms with Crippen LogP contribution in [0.25, 0.3) is 11.0 Å². The Bertz CT molecular complexity index is 877. The van der Waals surface area contributed by atoms with E-state index in [1.807, 2.05) is 28.8 Å². The first-order valence-corrected chi connectivity index (χ1v) is 13.7. The Kier molecular flexibility index (Phi) is 6.59. The molecule has 2 heterocycles. The van der Waals surface area contributed by atoms with Crippen LogP contribution in [0.5, 0.6) is 0 Å². The molecule has 2 aromatic rings. The predicted molar refractivity (Wildman–Crippen MR) is 120 cm³/mol. The van der Waals surface area contributed by atoms with Gasteiger partial charge in [-0.1, -0.05) is 32.9 Å². The number of amides is 1. The van der Waals surface area contributed by atoms with Crippen LogP contribution in [0, 0.1) is 0 Å². The minimum Gasteiger partial charge on any atom is -0.465 e. The van der Waals surface area contributed by atoms with E-state index in [0.717, 1.165) is 23.9 Å². The molecule has 0 aliphatic carbocycles. The van der Waals surface area contributed by atoms with Crippen LogP contribution in [0.2, 0.25) is 18.1 Å². The number of imidazole rings is 1. The van der Waals surface area contributed by atoms with Gasteiger partial charge >= 0.3 is 6.09 Å². The van der Waals surface area contributed by atoms with E-state index >= 15 is 0 Å². The topological polar surface area (TPSA) is 87.8 Å². The highest BCUT2D eigenvalue weighted by Crippen LogP contribution is 2.39. The van der Waals surface area contributed by atoms with Crippen molar-refractivity contribution in [1.29, 1.82) is 0 Å². The number of piperidine rings is 1. The Labute approximate surface area is 179 Å². The third kappa shape index (κ3) is 4.87. The summed E-state index contributed by atoms with van der Waals surface area (Å²) in [6.07, 6.45) is 1.85. The summed E-state index contributed by atoms with van der Waals surface area (Å²) in [5.74, 6) is 0. The van der Waals surface area contributed by atoms with Crippen molar-refractivity contribution in [3.05, 3.63) is 30.6 Å². The zero-order valence-corrected chi connectivity index (χ0v) is 19.7. The van der Waals surface area contributed by atoms with Crippen LogP contribution in [-0.4, -0.2) is 63.9 Å². The summed E-state index contributed by atoms with van der Waals surface area (Å²) in [4.78, 5) is 17.8. The molecule has 166 valence electrons. The zero-order chi connectivity index (χ0) is 22.1. The molecule has 3 atom stereocenters. The summed E-state index contributed by atoms with van der Waals surface area (Å²) in [6.45, 7) is 11.8. The molecule has 0 radical (unpaired) electrons. The van der Waals surface area contributed by atoms with Gasteiger partial charge in [-0.25, -0.2) is 9.78 Å². The molecule has 0 bridgehead atoms. The molecule has 0 saturated carbocycles. The molecule has 0 spiro atoms. The number of para-hydroxylation sites is 2. The van der Waals surface area contributed by atoms with Crippen molar-refractivity contribution in [2.75, 3.05) is 6.54 Å². The van der Waals surface area contributed by atoms with Crippen LogP contribution in [0.1, 0.15) is 40.0 Å². The fraction of sp³-hybridized carbons (Fsp3) is 0.636. The van der Waals surface area contributed by atoms with E-state index in [2.05, 4.69) is 38.8 Å². The van der Waals surface area contributed by atoms with E-state index in [9.17, 15) is 15.0 Å². The third-order valence-corrected chi connectivity index (χ3v) is 11.2. The molecule has 7 nitrogen and oxygen atoms in total. The number of rotatable bonds is 6. The number of aromatic nitrogens is 2. The molecule has 3 rings (SSSR count). The lowest BCUT2D eigenvalue weighted by Gasteiger charge is -2.46. The number of aliphatic hydroxyl groups excluding tert-OH is 1. The average molecular weight is 434 g/mol. The lowest BCUT2D eigenvalue weighted by molar-refractivity contribution is -0.00324. The van der Waals surface area contributed by atoms with Crippen LogP contribution < -0.4 is 0 Å². The predicted octanol–water partition coefficient (Wildman–Crippen LogP) is 4.32. The first kappa shape index (κ1) is 22.8. The van der Waals surface area contributed by atoms with Crippen molar-refractivity contribution in [2.24, 2.45) is 0 Å². The van der Waals surface area contributed by atoms with Gasteiger partial charge in [0.2, 0.25) is 0 Å². The zero-order valence-electron chi connectivity index (χ0n) is 18.7. The molecule has 1 unspecified atom stereocenters. The molecule has 8 heteroatoms. The Morgan fingerprint density at radius 1 is 1.33 bits per heavy atom. The average Bonchev–Trinajstić information content (AvgIpc) is 3.04. The molecule has 1 aliphatic heterocycles. The molecule has 1 fully saturated rings. The van der Waals surface area contributed by atoms with Gasteiger partial charge in [0, 0.05) is 6.54 Å². The van der Waals surface area contributed by atoms with E-state index in [-0.39, 0.29) is 17.2 Å². The summed E-state index contributed by atoms with van der Waals surface area (Å²) in [6, 6.07) is 7.45. The molecule has 1 amide bonds. The third-order valence-electron chi connectivity index (χ3n) is 6.66. The summed E-state index contributed by atoms with van der Waals surface area (Å²) in [7, 11) is -2.07. The highest BCUT2D eigenvalue weighted by molar-refractivity contribution is 6.74. The highest BCUT2D eigenvalue weighted by atomic mass is 28.4. The van der Waals surface area contributed by atoms with Crippen LogP contribution in [0.4, 0.5) is 4.79 Å². The quantitative estimate of drug-likeness (QED) is 0.663. The molecular weight excluding hydrogens is 398 g/mol. The standard InChI is InChI=1S/C22H35N3O4Si/c1-22(2,3)30(4,5)29-20-11-8-12-25(21(27)28)19(20)13-16(26)14-24-15-23-17-9-6-7-10-18(17)24/h6-7,9-10,15-16,19-20,26H,8,11-14H2,1-5H3,(H,27,28)/t16?,19-,20+/m1/s1. The van der Waals surface area contributed by atoms with Gasteiger partial charge in [0.1, 0.15) is 0 Å². The number of nitrogens with zero attached hydrogens (tertiary/aromatic N) is 3. The summed E-state index contributed by atoms with van der Waals surface area (Å²) >= 11 is 0. The molecule has 1 aliphatic rings. The van der Waals surface area contributed by atoms with Crippen LogP contribution in [0.15, 0.2) is 30.6 Å². The molecule has 1 aromatic carbocycles. The van der Waals surface area contributed by atoms with E-state index in [1.54, 1.807) is 6.33 Å². The molecule has 30 heavy (non-hydrogen) atoms. The fourth-order valence-corrected chi connectivity index (χ4v) is 5.35. The number of hydrogen-bond donors (Lipinski definition) is 2. The Balaban J connectivity index is 1.77. The van der Waals surface area contributed by atoms with E-state index in [1.165, 1.54) is 4.90 Å². The fourth-order valence-electron chi connectivity index (χ4n) is 3.97. The van der Waals surface area contributed by atoms with Crippen molar-refractivity contribution in [3.63, 3.8) is 0 Å². The minimum absolute atomic E-state index is 0.0391. The van der Waals surface area contributed by atoms with E-state index < -0.39 is 20.5 Å². The smallest absolute Gasteiger partial charge is 0.407 e. The van der Waals surface area contributed by atoms with Crippen LogP contribution >= 0.6 is 0 Å². The highest BCUT2D eigenvalue weighted by Gasteiger charge is 2.44. The first-order chi connectivity index (χ1) is 14.0. The van der Waals surface area contributed by atoms with Gasteiger partial charge in [0.25, 0.3) is 0 Å². The van der Waals surface area contributed by atoms with Gasteiger partial charge in [0.15, 0.2) is 8.32 Å². The number of likely N-dealkylation sites (tertiary alicyclic amines) is 1. The lowest BCUT2D eigenvalue weighted by atomic mass is 9.94. The minimum atomic E-state index is -2.07. The summed E-state index contributed by atoms with van der Waals surface area (Å²) < 4.78 is 8.57. The monoisotopic (exact) mass is 433 g/mol. The largest absolute Gasteiger partial charge is 0.465 e. The van der Waals surface area contributed by atoms with Gasteiger partial charge < -0.3 is 24.1 Å². The second-order valence-corrected chi connectivity index (χ2v) is 14.6. The number of hydrogen-bond acceptors (Lipinski definition) is 4. The van der Waals surface area contributed by atoms with E-state index in [4.69, 9.17) is 4.43 Å². The van der Waals surface area contributed by atoms with Gasteiger partial charge in [-0.15, -0.1) is 0 Å². The summed E-state index contributed by atoms with van der Waals surface area (Å²) in [5.41, 5.74) is 1.85. The van der Waals surface area contributed by atoms with Crippen molar-refractivity contribution in [2.45, 2.75) is 83.0 Å². The van der Waals surface area contributed by atoms with Crippen molar-refractivity contribution in [3.8, 4) is 0 Å². The van der Waals surface area contributed by atoms with Crippen molar-refractivity contribution >= 4 is 25.4 Å². The van der Waals surface area contributed by atoms with Gasteiger partial charge in [-0.2, -0.15) is 0 Å². The Morgan fingerprint density at radius 2 is 2.03 bits per heavy atom. The number of aliphatic hydroxyl groups is 1. The molecule has 1 saturated heterocycles. The number of carboxylic acid groups (broad SMARTS) is 1. The van der Waals surface area contributed by atoms with Crippen molar-refractivity contribution in [1.82, 2.24) is 14.5 Å². The second kappa shape index (κ2) is 8.68. The normalized spacial score (nSPS) is 21.7. The maximum Gasteiger partial charge on any atom is 0.407 e. The second-order valence-electron chi connectivity index (χ2n) is 9.88. The molecule has 1 aromatic heterocycles. The van der Waals surface area contributed by atoms with Gasteiger partial charge in [-0.3, -0.25) is 0 Å². The molecule has 2 N–H and O–H groups in total. The van der Waals surface area contributed by atoms with Crippen LogP contribution in [0.3, 0.4) is 0 Å². The Hall–Kier alpha value is -1.90. The van der Waals surface area contributed by atoms with Gasteiger partial charge in [-0.05, 0) is 49.5 Å².